The van der Waals surface area contributed by atoms with Gasteiger partial charge in [0.25, 0.3) is 0 Å². The fourth-order valence-electron chi connectivity index (χ4n) is 1.38. The van der Waals surface area contributed by atoms with E-state index < -0.39 is 0 Å². The Balaban J connectivity index is 3.87. The van der Waals surface area contributed by atoms with E-state index in [2.05, 4.69) is 0 Å². The molecule has 0 aromatic rings. The van der Waals surface area contributed by atoms with E-state index in [0.717, 1.165) is 0 Å². The lowest BCUT2D eigenvalue weighted by atomic mass is 10.2. The minimum absolute atomic E-state index is 0.0275. The van der Waals surface area contributed by atoms with Gasteiger partial charge in [0.15, 0.2) is 0 Å². The van der Waals surface area contributed by atoms with Crippen molar-refractivity contribution in [1.82, 2.24) is 4.90 Å². The molecule has 5 nitrogen and oxygen atoms in total. The largest absolute Gasteiger partial charge is 0.466 e. The van der Waals surface area contributed by atoms with E-state index in [-0.39, 0.29) is 24.7 Å². The first-order valence-electron chi connectivity index (χ1n) is 6.16. The number of rotatable bonds is 9. The summed E-state index contributed by atoms with van der Waals surface area (Å²) in [4.78, 5) is 24.5. The van der Waals surface area contributed by atoms with Crippen LogP contribution in [0.15, 0.2) is 0 Å². The number of carbonyl (C=O) groups excluding carboxylic acids is 2. The molecule has 5 heteroatoms. The lowest BCUT2D eigenvalue weighted by Gasteiger charge is -2.20. The van der Waals surface area contributed by atoms with E-state index >= 15 is 0 Å². The van der Waals surface area contributed by atoms with Gasteiger partial charge in [-0.15, -0.1) is 0 Å². The van der Waals surface area contributed by atoms with Gasteiger partial charge in [-0.2, -0.15) is 0 Å². The molecule has 100 valence electrons. The highest BCUT2D eigenvalue weighted by Crippen LogP contribution is 2.00. The van der Waals surface area contributed by atoms with Gasteiger partial charge in [-0.05, 0) is 20.8 Å². The second kappa shape index (κ2) is 10.1. The summed E-state index contributed by atoms with van der Waals surface area (Å²) in [7, 11) is 0. The van der Waals surface area contributed by atoms with Crippen LogP contribution in [-0.4, -0.2) is 49.7 Å². The fourth-order valence-corrected chi connectivity index (χ4v) is 1.38. The zero-order valence-electron chi connectivity index (χ0n) is 11.0. The van der Waals surface area contributed by atoms with Crippen LogP contribution in [-0.2, 0) is 19.1 Å². The van der Waals surface area contributed by atoms with Gasteiger partial charge in [-0.1, -0.05) is 0 Å². The first kappa shape index (κ1) is 15.9. The van der Waals surface area contributed by atoms with Crippen LogP contribution in [0.25, 0.3) is 0 Å². The van der Waals surface area contributed by atoms with Crippen molar-refractivity contribution < 1.29 is 19.1 Å². The second-order valence-corrected chi connectivity index (χ2v) is 3.48. The molecule has 0 aromatic heterocycles. The number of carbonyl (C=O) groups is 2. The molecule has 0 saturated carbocycles. The third-order valence-electron chi connectivity index (χ3n) is 2.29. The van der Waals surface area contributed by atoms with Gasteiger partial charge in [-0.3, -0.25) is 9.59 Å². The monoisotopic (exact) mass is 245 g/mol. The summed E-state index contributed by atoms with van der Waals surface area (Å²) in [5.41, 5.74) is 0. The van der Waals surface area contributed by atoms with Crippen molar-refractivity contribution >= 4 is 11.9 Å². The molecule has 0 fully saturated rings. The zero-order valence-corrected chi connectivity index (χ0v) is 11.0. The topological polar surface area (TPSA) is 55.8 Å². The molecule has 0 aliphatic carbocycles. The summed E-state index contributed by atoms with van der Waals surface area (Å²) in [6, 6.07) is 0. The van der Waals surface area contributed by atoms with Crippen molar-refractivity contribution in [2.45, 2.75) is 33.6 Å². The summed E-state index contributed by atoms with van der Waals surface area (Å²) in [5, 5.41) is 0. The number of hydrogen-bond acceptors (Lipinski definition) is 4. The van der Waals surface area contributed by atoms with E-state index in [9.17, 15) is 9.59 Å². The molecule has 0 aliphatic heterocycles. The number of nitrogens with zero attached hydrogens (tertiary/aromatic N) is 1. The SMILES string of the molecule is CCOCCN(CC)C(=O)CCC(=O)OCC. The Kier molecular flexibility index (Phi) is 9.43. The van der Waals surface area contributed by atoms with E-state index in [0.29, 0.717) is 32.9 Å². The summed E-state index contributed by atoms with van der Waals surface area (Å²) < 4.78 is 9.96. The Labute approximate surface area is 103 Å². The average Bonchev–Trinajstić information content (AvgIpc) is 2.32. The minimum Gasteiger partial charge on any atom is -0.466 e. The average molecular weight is 245 g/mol. The van der Waals surface area contributed by atoms with Crippen molar-refractivity contribution in [3.05, 3.63) is 0 Å². The van der Waals surface area contributed by atoms with E-state index in [4.69, 9.17) is 9.47 Å². The molecule has 0 saturated heterocycles. The first-order chi connectivity index (χ1) is 8.15. The Morgan fingerprint density at radius 1 is 1.06 bits per heavy atom. The van der Waals surface area contributed by atoms with Crippen LogP contribution in [0.1, 0.15) is 33.6 Å². The molecular weight excluding hydrogens is 222 g/mol. The van der Waals surface area contributed by atoms with Crippen molar-refractivity contribution in [2.75, 3.05) is 32.9 Å². The van der Waals surface area contributed by atoms with Crippen LogP contribution in [0.3, 0.4) is 0 Å². The molecule has 1 amide bonds. The molecule has 0 unspecified atom stereocenters. The molecule has 0 radical (unpaired) electrons. The first-order valence-corrected chi connectivity index (χ1v) is 6.16. The Hall–Kier alpha value is -1.10. The lowest BCUT2D eigenvalue weighted by Crippen LogP contribution is -2.34. The normalized spacial score (nSPS) is 10.1. The third kappa shape index (κ3) is 7.74. The molecule has 0 bridgehead atoms. The van der Waals surface area contributed by atoms with Gasteiger partial charge in [0.05, 0.1) is 19.6 Å². The molecule has 0 heterocycles. The summed E-state index contributed by atoms with van der Waals surface area (Å²) in [6.45, 7) is 8.33. The lowest BCUT2D eigenvalue weighted by molar-refractivity contribution is -0.145. The van der Waals surface area contributed by atoms with Crippen LogP contribution >= 0.6 is 0 Å². The fraction of sp³-hybridized carbons (Fsp3) is 0.833. The van der Waals surface area contributed by atoms with Crippen molar-refractivity contribution in [3.63, 3.8) is 0 Å². The van der Waals surface area contributed by atoms with Crippen LogP contribution in [0.2, 0.25) is 0 Å². The van der Waals surface area contributed by atoms with Crippen molar-refractivity contribution in [3.8, 4) is 0 Å². The van der Waals surface area contributed by atoms with E-state index in [1.54, 1.807) is 11.8 Å². The number of ether oxygens (including phenoxy) is 2. The van der Waals surface area contributed by atoms with E-state index in [1.165, 1.54) is 0 Å². The maximum absolute atomic E-state index is 11.7. The molecule has 17 heavy (non-hydrogen) atoms. The summed E-state index contributed by atoms with van der Waals surface area (Å²) in [6.07, 6.45) is 0.358. The molecule has 0 aliphatic rings. The molecule has 0 spiro atoms. The summed E-state index contributed by atoms with van der Waals surface area (Å²) in [5.74, 6) is -0.345. The molecule has 0 N–H and O–H groups in total. The standard InChI is InChI=1S/C12H23NO4/c1-4-13(9-10-16-5-2)11(14)7-8-12(15)17-6-3/h4-10H2,1-3H3. The molecule has 0 aromatic carbocycles. The van der Waals surface area contributed by atoms with Gasteiger partial charge in [0.1, 0.15) is 0 Å². The summed E-state index contributed by atoms with van der Waals surface area (Å²) >= 11 is 0. The maximum Gasteiger partial charge on any atom is 0.306 e. The Morgan fingerprint density at radius 3 is 2.29 bits per heavy atom. The van der Waals surface area contributed by atoms with Crippen LogP contribution in [0, 0.1) is 0 Å². The highest BCUT2D eigenvalue weighted by atomic mass is 16.5. The molecule has 0 atom stereocenters. The van der Waals surface area contributed by atoms with Crippen LogP contribution in [0.5, 0.6) is 0 Å². The predicted octanol–water partition coefficient (Wildman–Crippen LogP) is 1.21. The van der Waals surface area contributed by atoms with Gasteiger partial charge in [0.2, 0.25) is 5.91 Å². The van der Waals surface area contributed by atoms with Crippen molar-refractivity contribution in [1.29, 1.82) is 0 Å². The highest BCUT2D eigenvalue weighted by molar-refractivity contribution is 5.81. The zero-order chi connectivity index (χ0) is 13.1. The third-order valence-corrected chi connectivity index (χ3v) is 2.29. The minimum atomic E-state index is -0.318. The number of amides is 1. The number of likely N-dealkylation sites (N-methyl/N-ethyl adjacent to an activating group) is 1. The molecule has 0 rings (SSSR count). The number of hydrogen-bond donors (Lipinski definition) is 0. The van der Waals surface area contributed by atoms with Crippen LogP contribution in [0.4, 0.5) is 0 Å². The smallest absolute Gasteiger partial charge is 0.306 e. The van der Waals surface area contributed by atoms with E-state index in [1.807, 2.05) is 13.8 Å². The van der Waals surface area contributed by atoms with Gasteiger partial charge in [0, 0.05) is 26.1 Å². The molecular formula is C12H23NO4. The van der Waals surface area contributed by atoms with Gasteiger partial charge >= 0.3 is 5.97 Å². The maximum atomic E-state index is 11.7. The Bertz CT molecular complexity index is 231. The van der Waals surface area contributed by atoms with Crippen molar-refractivity contribution in [2.24, 2.45) is 0 Å². The van der Waals surface area contributed by atoms with Gasteiger partial charge in [-0.25, -0.2) is 0 Å². The second-order valence-electron chi connectivity index (χ2n) is 3.48. The van der Waals surface area contributed by atoms with Crippen LogP contribution < -0.4 is 0 Å². The predicted molar refractivity (Wildman–Crippen MR) is 64.6 cm³/mol. The van der Waals surface area contributed by atoms with Gasteiger partial charge < -0.3 is 14.4 Å². The highest BCUT2D eigenvalue weighted by Gasteiger charge is 2.13. The quantitative estimate of drug-likeness (QED) is 0.452. The number of esters is 1. The Morgan fingerprint density at radius 2 is 1.76 bits per heavy atom.